The Kier molecular flexibility index (Phi) is 3.91. The lowest BCUT2D eigenvalue weighted by atomic mass is 10.2. The quantitative estimate of drug-likeness (QED) is 0.676. The number of anilines is 1. The van der Waals surface area contributed by atoms with Gasteiger partial charge in [0, 0.05) is 29.3 Å². The largest absolute Gasteiger partial charge is 0.398 e. The van der Waals surface area contributed by atoms with Crippen LogP contribution in [0.5, 0.6) is 0 Å². The summed E-state index contributed by atoms with van der Waals surface area (Å²) >= 11 is 3.28. The van der Waals surface area contributed by atoms with Crippen molar-refractivity contribution in [2.75, 3.05) is 19.3 Å². The van der Waals surface area contributed by atoms with Gasteiger partial charge in [-0.2, -0.15) is 0 Å². The number of nitrogens with zero attached hydrogens (tertiary/aromatic N) is 1. The average molecular weight is 269 g/mol. The Morgan fingerprint density at radius 2 is 2.33 bits per heavy atom. The zero-order chi connectivity index (χ0) is 11.4. The number of carbonyl (C=O) groups excluding carboxylic acids is 1. The van der Waals surface area contributed by atoms with Gasteiger partial charge in [0.2, 0.25) is 0 Å². The summed E-state index contributed by atoms with van der Waals surface area (Å²) < 4.78 is 0.797. The molecule has 1 aromatic rings. The Labute approximate surface area is 97.7 Å². The predicted molar refractivity (Wildman–Crippen MR) is 65.7 cm³/mol. The normalized spacial score (nSPS) is 9.73. The van der Waals surface area contributed by atoms with Gasteiger partial charge in [0.1, 0.15) is 0 Å². The summed E-state index contributed by atoms with van der Waals surface area (Å²) in [5.41, 5.74) is 6.84. The first-order chi connectivity index (χ1) is 7.06. The SMILES string of the molecule is C=CCN(C)C(=O)c1ccc(Br)c(N)c1. The summed E-state index contributed by atoms with van der Waals surface area (Å²) in [5.74, 6) is -0.0610. The number of hydrogen-bond acceptors (Lipinski definition) is 2. The van der Waals surface area contributed by atoms with Crippen LogP contribution in [0.15, 0.2) is 35.3 Å². The highest BCUT2D eigenvalue weighted by Crippen LogP contribution is 2.20. The first kappa shape index (κ1) is 11.8. The molecule has 0 radical (unpaired) electrons. The molecule has 0 aromatic heterocycles. The van der Waals surface area contributed by atoms with Crippen molar-refractivity contribution in [2.24, 2.45) is 0 Å². The summed E-state index contributed by atoms with van der Waals surface area (Å²) in [6, 6.07) is 5.17. The Hall–Kier alpha value is -1.29. The number of likely N-dealkylation sites (N-methyl/N-ethyl adjacent to an activating group) is 1. The van der Waals surface area contributed by atoms with Crippen LogP contribution in [0.25, 0.3) is 0 Å². The van der Waals surface area contributed by atoms with Crippen molar-refractivity contribution in [2.45, 2.75) is 0 Å². The molecule has 0 saturated heterocycles. The van der Waals surface area contributed by atoms with E-state index < -0.39 is 0 Å². The average Bonchev–Trinajstić information content (AvgIpc) is 2.21. The van der Waals surface area contributed by atoms with E-state index in [4.69, 9.17) is 5.73 Å². The first-order valence-corrected chi connectivity index (χ1v) is 5.27. The minimum Gasteiger partial charge on any atom is -0.398 e. The summed E-state index contributed by atoms with van der Waals surface area (Å²) in [6.07, 6.45) is 1.68. The van der Waals surface area contributed by atoms with E-state index in [-0.39, 0.29) is 5.91 Å². The molecule has 0 aliphatic carbocycles. The fraction of sp³-hybridized carbons (Fsp3) is 0.182. The molecule has 0 unspecified atom stereocenters. The van der Waals surface area contributed by atoms with Crippen LogP contribution in [-0.4, -0.2) is 24.4 Å². The summed E-state index contributed by atoms with van der Waals surface area (Å²) in [6.45, 7) is 4.10. The molecular weight excluding hydrogens is 256 g/mol. The first-order valence-electron chi connectivity index (χ1n) is 4.47. The fourth-order valence-electron chi connectivity index (χ4n) is 1.17. The van der Waals surface area contributed by atoms with E-state index in [0.717, 1.165) is 4.47 Å². The second-order valence-electron chi connectivity index (χ2n) is 3.21. The third kappa shape index (κ3) is 2.83. The molecule has 1 rings (SSSR count). The summed E-state index contributed by atoms with van der Waals surface area (Å²) in [5, 5.41) is 0. The molecule has 4 heteroatoms. The number of nitrogens with two attached hydrogens (primary N) is 1. The van der Waals surface area contributed by atoms with Crippen molar-refractivity contribution in [1.82, 2.24) is 4.90 Å². The van der Waals surface area contributed by atoms with Gasteiger partial charge < -0.3 is 10.6 Å². The van der Waals surface area contributed by atoms with Gasteiger partial charge in [0.15, 0.2) is 0 Å². The van der Waals surface area contributed by atoms with Gasteiger partial charge in [-0.15, -0.1) is 6.58 Å². The minimum absolute atomic E-state index is 0.0610. The van der Waals surface area contributed by atoms with E-state index >= 15 is 0 Å². The van der Waals surface area contributed by atoms with Crippen LogP contribution in [0.4, 0.5) is 5.69 Å². The highest BCUT2D eigenvalue weighted by Gasteiger charge is 2.10. The zero-order valence-corrected chi connectivity index (χ0v) is 10.1. The topological polar surface area (TPSA) is 46.3 Å². The maximum absolute atomic E-state index is 11.8. The molecule has 1 aromatic carbocycles. The van der Waals surface area contributed by atoms with Gasteiger partial charge in [-0.25, -0.2) is 0 Å². The van der Waals surface area contributed by atoms with Crippen LogP contribution in [0.2, 0.25) is 0 Å². The molecule has 2 N–H and O–H groups in total. The molecule has 0 aliphatic heterocycles. The van der Waals surface area contributed by atoms with Crippen LogP contribution in [-0.2, 0) is 0 Å². The smallest absolute Gasteiger partial charge is 0.253 e. The summed E-state index contributed by atoms with van der Waals surface area (Å²) in [7, 11) is 1.72. The van der Waals surface area contributed by atoms with E-state index in [1.807, 2.05) is 0 Å². The van der Waals surface area contributed by atoms with Crippen LogP contribution in [0.3, 0.4) is 0 Å². The molecule has 0 atom stereocenters. The molecule has 0 heterocycles. The lowest BCUT2D eigenvalue weighted by Crippen LogP contribution is -2.26. The molecule has 0 saturated carbocycles. The Morgan fingerprint density at radius 1 is 1.67 bits per heavy atom. The van der Waals surface area contributed by atoms with Crippen molar-refractivity contribution >= 4 is 27.5 Å². The van der Waals surface area contributed by atoms with Crippen molar-refractivity contribution < 1.29 is 4.79 Å². The molecule has 0 bridgehead atoms. The Morgan fingerprint density at radius 3 is 2.87 bits per heavy atom. The molecule has 0 aliphatic rings. The van der Waals surface area contributed by atoms with Crippen LogP contribution in [0.1, 0.15) is 10.4 Å². The van der Waals surface area contributed by atoms with Gasteiger partial charge in [-0.05, 0) is 34.1 Å². The number of hydrogen-bond donors (Lipinski definition) is 1. The van der Waals surface area contributed by atoms with Gasteiger partial charge in [-0.3, -0.25) is 4.79 Å². The molecule has 80 valence electrons. The third-order valence-electron chi connectivity index (χ3n) is 1.99. The van der Waals surface area contributed by atoms with Crippen molar-refractivity contribution in [1.29, 1.82) is 0 Å². The molecule has 0 fully saturated rings. The van der Waals surface area contributed by atoms with Gasteiger partial charge in [0.05, 0.1) is 0 Å². The zero-order valence-electron chi connectivity index (χ0n) is 8.53. The lowest BCUT2D eigenvalue weighted by molar-refractivity contribution is 0.0810. The fourth-order valence-corrected chi connectivity index (χ4v) is 1.42. The van der Waals surface area contributed by atoms with Crippen molar-refractivity contribution in [3.63, 3.8) is 0 Å². The van der Waals surface area contributed by atoms with E-state index in [1.54, 1.807) is 36.2 Å². The van der Waals surface area contributed by atoms with Gasteiger partial charge in [-0.1, -0.05) is 6.08 Å². The molecule has 0 spiro atoms. The Bertz CT molecular complexity index is 390. The van der Waals surface area contributed by atoms with Crippen molar-refractivity contribution in [3.8, 4) is 0 Å². The van der Waals surface area contributed by atoms with E-state index in [9.17, 15) is 4.79 Å². The number of amides is 1. The standard InChI is InChI=1S/C11H13BrN2O/c1-3-6-14(2)11(15)8-4-5-9(12)10(13)7-8/h3-5,7H,1,6,13H2,2H3. The molecule has 15 heavy (non-hydrogen) atoms. The number of halogens is 1. The van der Waals surface area contributed by atoms with Crippen LogP contribution >= 0.6 is 15.9 Å². The van der Waals surface area contributed by atoms with Gasteiger partial charge in [0.25, 0.3) is 5.91 Å². The highest BCUT2D eigenvalue weighted by molar-refractivity contribution is 9.10. The number of nitrogen functional groups attached to an aromatic ring is 1. The van der Waals surface area contributed by atoms with E-state index in [1.165, 1.54) is 0 Å². The molecular formula is C11H13BrN2O. The number of rotatable bonds is 3. The predicted octanol–water partition coefficient (Wildman–Crippen LogP) is 2.29. The van der Waals surface area contributed by atoms with Crippen molar-refractivity contribution in [3.05, 3.63) is 40.9 Å². The third-order valence-corrected chi connectivity index (χ3v) is 2.71. The molecule has 1 amide bonds. The monoisotopic (exact) mass is 268 g/mol. The molecule has 3 nitrogen and oxygen atoms in total. The van der Waals surface area contributed by atoms with Crippen LogP contribution < -0.4 is 5.73 Å². The van der Waals surface area contributed by atoms with E-state index in [2.05, 4.69) is 22.5 Å². The van der Waals surface area contributed by atoms with Gasteiger partial charge >= 0.3 is 0 Å². The second-order valence-corrected chi connectivity index (χ2v) is 4.06. The minimum atomic E-state index is -0.0610. The highest BCUT2D eigenvalue weighted by atomic mass is 79.9. The maximum atomic E-state index is 11.8. The number of carbonyl (C=O) groups is 1. The van der Waals surface area contributed by atoms with E-state index in [0.29, 0.717) is 17.8 Å². The van der Waals surface area contributed by atoms with Crippen LogP contribution in [0, 0.1) is 0 Å². The second kappa shape index (κ2) is 4.98. The summed E-state index contributed by atoms with van der Waals surface area (Å²) in [4.78, 5) is 13.4. The lowest BCUT2D eigenvalue weighted by Gasteiger charge is -2.15. The number of benzene rings is 1. The maximum Gasteiger partial charge on any atom is 0.253 e. The Balaban J connectivity index is 2.91.